The first kappa shape index (κ1) is 14.6. The molecular formula is C15H20O5. The zero-order valence-corrected chi connectivity index (χ0v) is 12.4. The second kappa shape index (κ2) is 5.31. The summed E-state index contributed by atoms with van der Waals surface area (Å²) in [5.41, 5.74) is 1.22. The fraction of sp³-hybridized carbons (Fsp3) is 0.600. The molecule has 0 bridgehead atoms. The molecule has 2 rings (SSSR count). The number of carbonyl (C=O) groups is 2. The Hall–Kier alpha value is -1.78. The molecule has 20 heavy (non-hydrogen) atoms. The van der Waals surface area contributed by atoms with Gasteiger partial charge in [-0.2, -0.15) is 0 Å². The van der Waals surface area contributed by atoms with Gasteiger partial charge in [0.15, 0.2) is 5.78 Å². The second-order valence-corrected chi connectivity index (χ2v) is 5.14. The summed E-state index contributed by atoms with van der Waals surface area (Å²) in [6.07, 6.45) is 1.50. The summed E-state index contributed by atoms with van der Waals surface area (Å²) in [4.78, 5) is 23.3. The first-order chi connectivity index (χ1) is 9.38. The van der Waals surface area contributed by atoms with Crippen LogP contribution in [0.1, 0.15) is 47.0 Å². The lowest BCUT2D eigenvalue weighted by Crippen LogP contribution is -2.36. The zero-order valence-electron chi connectivity index (χ0n) is 12.4. The minimum Gasteiger partial charge on any atom is -0.463 e. The van der Waals surface area contributed by atoms with Crippen molar-refractivity contribution < 1.29 is 23.8 Å². The van der Waals surface area contributed by atoms with Crippen LogP contribution in [0.5, 0.6) is 0 Å². The first-order valence-electron chi connectivity index (χ1n) is 6.84. The second-order valence-electron chi connectivity index (χ2n) is 5.14. The standard InChI is InChI=1S/C15H20O5/c1-5-18-14(17)12-6-7-15(19-10(12)3)8-13(9(2)16)11(4)20-15/h5-8H2,1-4H3. The summed E-state index contributed by atoms with van der Waals surface area (Å²) in [5, 5.41) is 0. The van der Waals surface area contributed by atoms with Gasteiger partial charge >= 0.3 is 5.97 Å². The molecule has 0 radical (unpaired) electrons. The summed E-state index contributed by atoms with van der Waals surface area (Å²) >= 11 is 0. The lowest BCUT2D eigenvalue weighted by atomic mass is 9.95. The predicted molar refractivity (Wildman–Crippen MR) is 71.5 cm³/mol. The topological polar surface area (TPSA) is 61.8 Å². The van der Waals surface area contributed by atoms with Crippen molar-refractivity contribution in [3.8, 4) is 0 Å². The fourth-order valence-corrected chi connectivity index (χ4v) is 2.69. The average molecular weight is 280 g/mol. The summed E-state index contributed by atoms with van der Waals surface area (Å²) < 4.78 is 16.6. The first-order valence-corrected chi connectivity index (χ1v) is 6.84. The maximum Gasteiger partial charge on any atom is 0.337 e. The number of hydrogen-bond acceptors (Lipinski definition) is 5. The molecule has 0 N–H and O–H groups in total. The van der Waals surface area contributed by atoms with E-state index in [0.717, 1.165) is 0 Å². The summed E-state index contributed by atoms with van der Waals surface area (Å²) in [6.45, 7) is 7.14. The Morgan fingerprint density at radius 2 is 1.80 bits per heavy atom. The van der Waals surface area contributed by atoms with E-state index in [9.17, 15) is 9.59 Å². The van der Waals surface area contributed by atoms with Gasteiger partial charge in [0, 0.05) is 12.0 Å². The van der Waals surface area contributed by atoms with Crippen molar-refractivity contribution in [1.82, 2.24) is 0 Å². The van der Waals surface area contributed by atoms with Crippen LogP contribution < -0.4 is 0 Å². The van der Waals surface area contributed by atoms with Gasteiger partial charge in [-0.25, -0.2) is 4.79 Å². The number of Topliss-reactive ketones (excluding diaryl/α,β-unsaturated/α-hetero) is 1. The molecule has 2 aliphatic rings. The van der Waals surface area contributed by atoms with Gasteiger partial charge < -0.3 is 14.2 Å². The highest BCUT2D eigenvalue weighted by Crippen LogP contribution is 2.44. The van der Waals surface area contributed by atoms with E-state index in [0.29, 0.717) is 48.5 Å². The Kier molecular flexibility index (Phi) is 3.88. The largest absolute Gasteiger partial charge is 0.463 e. The van der Waals surface area contributed by atoms with Crippen LogP contribution in [0.25, 0.3) is 0 Å². The summed E-state index contributed by atoms with van der Waals surface area (Å²) in [5.74, 6) is -0.0298. The molecule has 0 saturated heterocycles. The quantitative estimate of drug-likeness (QED) is 0.744. The molecule has 2 heterocycles. The van der Waals surface area contributed by atoms with Gasteiger partial charge in [0.1, 0.15) is 11.5 Å². The van der Waals surface area contributed by atoms with Crippen LogP contribution in [-0.4, -0.2) is 24.1 Å². The molecular weight excluding hydrogens is 260 g/mol. The van der Waals surface area contributed by atoms with Crippen molar-refractivity contribution in [2.24, 2.45) is 0 Å². The van der Waals surface area contributed by atoms with Crippen LogP contribution in [0.4, 0.5) is 0 Å². The maximum absolute atomic E-state index is 11.8. The third-order valence-electron chi connectivity index (χ3n) is 3.68. The van der Waals surface area contributed by atoms with Gasteiger partial charge in [0.25, 0.3) is 5.79 Å². The lowest BCUT2D eigenvalue weighted by Gasteiger charge is -2.35. The molecule has 5 heteroatoms. The molecule has 0 aromatic carbocycles. The molecule has 0 aromatic rings. The third-order valence-corrected chi connectivity index (χ3v) is 3.68. The number of ether oxygens (including phenoxy) is 3. The molecule has 0 aliphatic carbocycles. The Bertz CT molecular complexity index is 514. The van der Waals surface area contributed by atoms with Gasteiger partial charge in [-0.3, -0.25) is 4.79 Å². The Balaban J connectivity index is 2.15. The van der Waals surface area contributed by atoms with Crippen LogP contribution in [0, 0.1) is 0 Å². The Labute approximate surface area is 118 Å². The van der Waals surface area contributed by atoms with Crippen molar-refractivity contribution in [3.63, 3.8) is 0 Å². The minimum atomic E-state index is -0.828. The predicted octanol–water partition coefficient (Wildman–Crippen LogP) is 2.61. The summed E-state index contributed by atoms with van der Waals surface area (Å²) in [7, 11) is 0. The monoisotopic (exact) mass is 280 g/mol. The molecule has 1 spiro atoms. The molecule has 1 atom stereocenters. The molecule has 0 amide bonds. The number of hydrogen-bond donors (Lipinski definition) is 0. The molecule has 0 aromatic heterocycles. The highest BCUT2D eigenvalue weighted by molar-refractivity contribution is 5.94. The van der Waals surface area contributed by atoms with Crippen LogP contribution in [0.3, 0.4) is 0 Å². The number of esters is 1. The van der Waals surface area contributed by atoms with Crippen LogP contribution in [0.15, 0.2) is 22.7 Å². The number of carbonyl (C=O) groups excluding carboxylic acids is 2. The van der Waals surface area contributed by atoms with Gasteiger partial charge in [0.05, 0.1) is 18.6 Å². The van der Waals surface area contributed by atoms with Crippen LogP contribution in [0.2, 0.25) is 0 Å². The highest BCUT2D eigenvalue weighted by Gasteiger charge is 2.46. The highest BCUT2D eigenvalue weighted by atomic mass is 16.7. The van der Waals surface area contributed by atoms with Crippen molar-refractivity contribution in [3.05, 3.63) is 22.7 Å². The fourth-order valence-electron chi connectivity index (χ4n) is 2.69. The van der Waals surface area contributed by atoms with E-state index in [-0.39, 0.29) is 11.8 Å². The van der Waals surface area contributed by atoms with E-state index >= 15 is 0 Å². The number of allylic oxidation sites excluding steroid dienone is 2. The number of ketones is 1. The van der Waals surface area contributed by atoms with Gasteiger partial charge in [-0.15, -0.1) is 0 Å². The van der Waals surface area contributed by atoms with Crippen LogP contribution in [-0.2, 0) is 23.8 Å². The minimum absolute atomic E-state index is 0.000738. The van der Waals surface area contributed by atoms with Crippen molar-refractivity contribution in [2.45, 2.75) is 52.7 Å². The number of rotatable bonds is 3. The van der Waals surface area contributed by atoms with Crippen molar-refractivity contribution in [2.75, 3.05) is 6.61 Å². The van der Waals surface area contributed by atoms with E-state index < -0.39 is 5.79 Å². The van der Waals surface area contributed by atoms with Crippen molar-refractivity contribution >= 4 is 11.8 Å². The Morgan fingerprint density at radius 3 is 2.25 bits per heavy atom. The molecule has 5 nitrogen and oxygen atoms in total. The van der Waals surface area contributed by atoms with Crippen LogP contribution >= 0.6 is 0 Å². The average Bonchev–Trinajstić information content (AvgIpc) is 2.66. The van der Waals surface area contributed by atoms with Gasteiger partial charge in [0.2, 0.25) is 0 Å². The zero-order chi connectivity index (χ0) is 14.9. The van der Waals surface area contributed by atoms with Crippen molar-refractivity contribution in [1.29, 1.82) is 0 Å². The Morgan fingerprint density at radius 1 is 1.20 bits per heavy atom. The van der Waals surface area contributed by atoms with E-state index in [1.54, 1.807) is 20.8 Å². The lowest BCUT2D eigenvalue weighted by molar-refractivity contribution is -0.189. The van der Waals surface area contributed by atoms with E-state index in [1.165, 1.54) is 6.92 Å². The molecule has 0 saturated carbocycles. The smallest absolute Gasteiger partial charge is 0.337 e. The molecule has 1 unspecified atom stereocenters. The van der Waals surface area contributed by atoms with Gasteiger partial charge in [-0.05, 0) is 34.1 Å². The van der Waals surface area contributed by atoms with E-state index in [2.05, 4.69) is 0 Å². The summed E-state index contributed by atoms with van der Waals surface area (Å²) in [6, 6.07) is 0. The van der Waals surface area contributed by atoms with E-state index in [1.807, 2.05) is 0 Å². The maximum atomic E-state index is 11.8. The molecule has 0 fully saturated rings. The molecule has 110 valence electrons. The van der Waals surface area contributed by atoms with Gasteiger partial charge in [-0.1, -0.05) is 0 Å². The van der Waals surface area contributed by atoms with E-state index in [4.69, 9.17) is 14.2 Å². The molecule has 2 aliphatic heterocycles. The SMILES string of the molecule is CCOC(=O)C1=C(C)OC2(CC1)CC(C(C)=O)=C(C)O2. The normalized spacial score (nSPS) is 25.6. The third kappa shape index (κ3) is 2.57.